The molecule has 86 valence electrons. The maximum atomic E-state index is 10.2. The van der Waals surface area contributed by atoms with Crippen molar-refractivity contribution in [2.75, 3.05) is 39.5 Å². The van der Waals surface area contributed by atoms with Gasteiger partial charge in [0.15, 0.2) is 0 Å². The summed E-state index contributed by atoms with van der Waals surface area (Å²) in [6, 6.07) is 0. The molecule has 0 aromatic heterocycles. The minimum atomic E-state index is -2.04. The van der Waals surface area contributed by atoms with E-state index in [2.05, 4.69) is 14.4 Å². The highest BCUT2D eigenvalue weighted by molar-refractivity contribution is 7.33. The Morgan fingerprint density at radius 2 is 2.00 bits per heavy atom. The van der Waals surface area contributed by atoms with Gasteiger partial charge in [-0.05, 0) is 6.42 Å². The van der Waals surface area contributed by atoms with E-state index in [1.807, 2.05) is 0 Å². The summed E-state index contributed by atoms with van der Waals surface area (Å²) >= 11 is 0. The topological polar surface area (TPSA) is 93.8 Å². The lowest BCUT2D eigenvalue weighted by Gasteiger charge is -2.09. The standard InChI is InChI=1S/C4H12N2O.C3H7O3P/c5-1-2-6-3-4-7;4-7-5-2-1-3-6-7/h6-7H,1-5H2;7H,1-3H2. The molecule has 4 N–H and O–H groups in total. The van der Waals surface area contributed by atoms with Crippen LogP contribution >= 0.6 is 8.25 Å². The molecule has 1 aliphatic rings. The lowest BCUT2D eigenvalue weighted by Crippen LogP contribution is -2.24. The second-order valence-electron chi connectivity index (χ2n) is 2.56. The maximum absolute atomic E-state index is 10.2. The first-order chi connectivity index (χ1) is 6.81. The van der Waals surface area contributed by atoms with Gasteiger partial charge in [0.05, 0.1) is 19.8 Å². The van der Waals surface area contributed by atoms with E-state index >= 15 is 0 Å². The molecule has 0 aromatic carbocycles. The predicted molar refractivity (Wildman–Crippen MR) is 54.5 cm³/mol. The van der Waals surface area contributed by atoms with Gasteiger partial charge in [0.2, 0.25) is 0 Å². The zero-order chi connectivity index (χ0) is 10.6. The van der Waals surface area contributed by atoms with Crippen molar-refractivity contribution in [2.24, 2.45) is 5.73 Å². The fraction of sp³-hybridized carbons (Fsp3) is 1.00. The van der Waals surface area contributed by atoms with Gasteiger partial charge >= 0.3 is 8.25 Å². The molecule has 0 amide bonds. The highest BCUT2D eigenvalue weighted by Crippen LogP contribution is 2.27. The smallest absolute Gasteiger partial charge is 0.319 e. The van der Waals surface area contributed by atoms with Crippen LogP contribution in [-0.4, -0.2) is 44.6 Å². The van der Waals surface area contributed by atoms with Gasteiger partial charge in [0.1, 0.15) is 0 Å². The van der Waals surface area contributed by atoms with Crippen molar-refractivity contribution in [3.63, 3.8) is 0 Å². The Bertz CT molecular complexity index is 136. The van der Waals surface area contributed by atoms with Crippen LogP contribution in [0.2, 0.25) is 0 Å². The van der Waals surface area contributed by atoms with Crippen LogP contribution in [0.5, 0.6) is 0 Å². The van der Waals surface area contributed by atoms with Gasteiger partial charge in [-0.2, -0.15) is 0 Å². The molecule has 0 saturated carbocycles. The van der Waals surface area contributed by atoms with Crippen LogP contribution in [-0.2, 0) is 13.6 Å². The third-order valence-corrected chi connectivity index (χ3v) is 2.22. The molecule has 1 heterocycles. The average Bonchev–Trinajstić information content (AvgIpc) is 2.21. The predicted octanol–water partition coefficient (Wildman–Crippen LogP) is -0.660. The van der Waals surface area contributed by atoms with Crippen LogP contribution in [0.3, 0.4) is 0 Å². The molecule has 1 rings (SSSR count). The summed E-state index contributed by atoms with van der Waals surface area (Å²) in [7, 11) is -2.04. The first-order valence-corrected chi connectivity index (χ1v) is 5.85. The molecule has 0 aliphatic carbocycles. The van der Waals surface area contributed by atoms with Gasteiger partial charge in [0.25, 0.3) is 0 Å². The van der Waals surface area contributed by atoms with Crippen LogP contribution in [0.25, 0.3) is 0 Å². The van der Waals surface area contributed by atoms with Crippen molar-refractivity contribution in [3.8, 4) is 0 Å². The Labute approximate surface area is 84.7 Å². The van der Waals surface area contributed by atoms with Crippen molar-refractivity contribution in [1.29, 1.82) is 0 Å². The van der Waals surface area contributed by atoms with E-state index < -0.39 is 8.25 Å². The van der Waals surface area contributed by atoms with Crippen molar-refractivity contribution >= 4 is 8.25 Å². The molecular formula is C7H19N2O4P. The zero-order valence-electron chi connectivity index (χ0n) is 8.20. The van der Waals surface area contributed by atoms with Gasteiger partial charge in [0, 0.05) is 19.6 Å². The highest BCUT2D eigenvalue weighted by Gasteiger charge is 2.04. The number of nitrogens with one attached hydrogen (secondary N) is 1. The molecule has 0 atom stereocenters. The van der Waals surface area contributed by atoms with E-state index in [-0.39, 0.29) is 6.61 Å². The molecule has 1 aliphatic heterocycles. The van der Waals surface area contributed by atoms with E-state index in [0.29, 0.717) is 26.3 Å². The monoisotopic (exact) mass is 226 g/mol. The molecule has 0 spiro atoms. The molecule has 1 fully saturated rings. The second kappa shape index (κ2) is 11.1. The molecule has 14 heavy (non-hydrogen) atoms. The van der Waals surface area contributed by atoms with E-state index in [9.17, 15) is 4.57 Å². The fourth-order valence-corrected chi connectivity index (χ4v) is 1.42. The molecule has 0 bridgehead atoms. The first-order valence-electron chi connectivity index (χ1n) is 4.62. The minimum Gasteiger partial charge on any atom is -0.395 e. The Morgan fingerprint density at radius 3 is 2.36 bits per heavy atom. The summed E-state index contributed by atoms with van der Waals surface area (Å²) in [5.41, 5.74) is 5.13. The largest absolute Gasteiger partial charge is 0.395 e. The van der Waals surface area contributed by atoms with E-state index in [4.69, 9.17) is 10.8 Å². The normalized spacial score (nSPS) is 17.3. The lowest BCUT2D eigenvalue weighted by atomic mass is 10.5. The number of hydrogen-bond donors (Lipinski definition) is 3. The van der Waals surface area contributed by atoms with Crippen LogP contribution < -0.4 is 11.1 Å². The van der Waals surface area contributed by atoms with Crippen LogP contribution in [0.4, 0.5) is 0 Å². The quantitative estimate of drug-likeness (QED) is 0.435. The third-order valence-electron chi connectivity index (χ3n) is 1.34. The van der Waals surface area contributed by atoms with Gasteiger partial charge < -0.3 is 25.2 Å². The van der Waals surface area contributed by atoms with Crippen LogP contribution in [0.1, 0.15) is 6.42 Å². The summed E-state index contributed by atoms with van der Waals surface area (Å²) in [4.78, 5) is 0. The average molecular weight is 226 g/mol. The fourth-order valence-electron chi connectivity index (χ4n) is 0.718. The molecule has 6 nitrogen and oxygen atoms in total. The summed E-state index contributed by atoms with van der Waals surface area (Å²) in [5.74, 6) is 0. The van der Waals surface area contributed by atoms with Gasteiger partial charge in [-0.1, -0.05) is 0 Å². The van der Waals surface area contributed by atoms with E-state index in [1.54, 1.807) is 0 Å². The number of aliphatic hydroxyl groups is 1. The third kappa shape index (κ3) is 10.1. The first kappa shape index (κ1) is 14.0. The van der Waals surface area contributed by atoms with E-state index in [1.165, 1.54) is 0 Å². The SMILES string of the molecule is NCCNCCO.O=[PH]1OCCCO1. The van der Waals surface area contributed by atoms with Gasteiger partial charge in [-0.3, -0.25) is 4.57 Å². The van der Waals surface area contributed by atoms with Crippen molar-refractivity contribution in [3.05, 3.63) is 0 Å². The van der Waals surface area contributed by atoms with Crippen LogP contribution in [0.15, 0.2) is 0 Å². The molecular weight excluding hydrogens is 207 g/mol. The van der Waals surface area contributed by atoms with Crippen molar-refractivity contribution in [1.82, 2.24) is 5.32 Å². The number of hydrogen-bond acceptors (Lipinski definition) is 6. The zero-order valence-corrected chi connectivity index (χ0v) is 9.20. The second-order valence-corrected chi connectivity index (χ2v) is 3.64. The Hall–Kier alpha value is 0.0300. The molecule has 7 heteroatoms. The summed E-state index contributed by atoms with van der Waals surface area (Å²) in [6.45, 7) is 3.47. The molecule has 1 saturated heterocycles. The van der Waals surface area contributed by atoms with Crippen molar-refractivity contribution < 1.29 is 18.7 Å². The summed E-state index contributed by atoms with van der Waals surface area (Å²) < 4.78 is 19.4. The summed E-state index contributed by atoms with van der Waals surface area (Å²) in [6.07, 6.45) is 0.871. The van der Waals surface area contributed by atoms with Gasteiger partial charge in [-0.15, -0.1) is 0 Å². The van der Waals surface area contributed by atoms with Crippen LogP contribution in [0, 0.1) is 0 Å². The lowest BCUT2D eigenvalue weighted by molar-refractivity contribution is 0.165. The number of nitrogens with two attached hydrogens (primary N) is 1. The molecule has 0 radical (unpaired) electrons. The Morgan fingerprint density at radius 1 is 1.36 bits per heavy atom. The molecule has 0 unspecified atom stereocenters. The Kier molecular flexibility index (Phi) is 11.1. The van der Waals surface area contributed by atoms with Gasteiger partial charge in [-0.25, -0.2) is 0 Å². The highest BCUT2D eigenvalue weighted by atomic mass is 31.1. The minimum absolute atomic E-state index is 0.194. The molecule has 0 aromatic rings. The Balaban J connectivity index is 0.000000241. The number of rotatable bonds is 4. The summed E-state index contributed by atoms with van der Waals surface area (Å²) in [5, 5.41) is 11.1. The van der Waals surface area contributed by atoms with Crippen molar-refractivity contribution in [2.45, 2.75) is 6.42 Å². The number of aliphatic hydroxyl groups excluding tert-OH is 1. The maximum Gasteiger partial charge on any atom is 0.319 e. The van der Waals surface area contributed by atoms with E-state index in [0.717, 1.165) is 13.0 Å².